The molecule has 0 bridgehead atoms. The molecule has 0 rings (SSSR count). The van der Waals surface area contributed by atoms with Gasteiger partial charge in [0.05, 0.1) is 0 Å². The number of hydrogen-bond acceptors (Lipinski definition) is 2. The Labute approximate surface area is 33.6 Å². The minimum absolute atomic E-state index is 0. The Balaban J connectivity index is 0. The van der Waals surface area contributed by atoms with Gasteiger partial charge in [0, 0.05) is 11.3 Å². The average Bonchev–Trinajstić information content (AvgIpc) is 0.811. The first-order valence-electron chi connectivity index (χ1n) is 0.569. The van der Waals surface area contributed by atoms with E-state index in [0.29, 0.717) is 0 Å². The van der Waals surface area contributed by atoms with Crippen LogP contribution in [0.5, 0.6) is 0 Å². The highest BCUT2D eigenvalue weighted by Gasteiger charge is 1.39. The molecule has 0 heterocycles. The van der Waals surface area contributed by atoms with Gasteiger partial charge in [0.2, 0.25) is 0 Å². The van der Waals surface area contributed by atoms with Crippen molar-refractivity contribution in [3.8, 4) is 0 Å². The van der Waals surface area contributed by atoms with Crippen molar-refractivity contribution in [1.29, 1.82) is 0 Å². The Kier molecular flexibility index (Phi) is 7.25. The molecule has 5 heavy (non-hydrogen) atoms. The van der Waals surface area contributed by atoms with E-state index in [4.69, 9.17) is 8.76 Å². The van der Waals surface area contributed by atoms with Crippen LogP contribution in [-0.4, -0.2) is 8.76 Å². The maximum absolute atomic E-state index is 8.78. The molecule has 1 atom stereocenters. The van der Waals surface area contributed by atoms with Gasteiger partial charge in [-0.05, 0) is 0 Å². The van der Waals surface area contributed by atoms with E-state index < -0.39 is 11.3 Å². The topological polar surface area (TPSA) is 66.2 Å². The maximum Gasteiger partial charge on any atom is 0.0152 e. The molecule has 0 saturated carbocycles. The van der Waals surface area contributed by atoms with E-state index in [0.717, 1.165) is 0 Å². The fourth-order valence-corrected chi connectivity index (χ4v) is 0. The van der Waals surface area contributed by atoms with E-state index in [-0.39, 0.29) is 7.43 Å². The summed E-state index contributed by atoms with van der Waals surface area (Å²) in [5.41, 5.74) is 0. The summed E-state index contributed by atoms with van der Waals surface area (Å²) in [4.78, 5) is 0. The van der Waals surface area contributed by atoms with Gasteiger partial charge in [-0.2, -0.15) is 0 Å². The van der Waals surface area contributed by atoms with Gasteiger partial charge < -0.3 is 4.55 Å². The minimum atomic E-state index is -2.36. The van der Waals surface area contributed by atoms with Crippen molar-refractivity contribution in [2.24, 2.45) is 5.14 Å². The number of rotatable bonds is 0. The lowest BCUT2D eigenvalue weighted by Gasteiger charge is -1.85. The molecule has 0 radical (unpaired) electrons. The third-order valence-corrected chi connectivity index (χ3v) is 0. The second-order valence-corrected chi connectivity index (χ2v) is 0.781. The maximum atomic E-state index is 8.78. The summed E-state index contributed by atoms with van der Waals surface area (Å²) in [7, 11) is 0. The molecule has 0 amide bonds. The first kappa shape index (κ1) is 8.91. The van der Waals surface area contributed by atoms with E-state index in [1.165, 1.54) is 0 Å². The minimum Gasteiger partial charge on any atom is -0.760 e. The summed E-state index contributed by atoms with van der Waals surface area (Å²) in [5.74, 6) is 0. The normalized spacial score (nSPS) is 12.4. The van der Waals surface area contributed by atoms with Crippen molar-refractivity contribution >= 4 is 11.3 Å². The van der Waals surface area contributed by atoms with Gasteiger partial charge in [-0.1, -0.05) is 7.43 Å². The first-order chi connectivity index (χ1) is 1.73. The molecule has 1 unspecified atom stereocenters. The smallest absolute Gasteiger partial charge is 0.0152 e. The van der Waals surface area contributed by atoms with Crippen LogP contribution in [0.4, 0.5) is 0 Å². The molecule has 2 N–H and O–H groups in total. The molecular formula is CH6NO2S-. The summed E-state index contributed by atoms with van der Waals surface area (Å²) in [6.45, 7) is 0. The Bertz CT molecular complexity index is 32.6. The van der Waals surface area contributed by atoms with E-state index in [1.54, 1.807) is 0 Å². The van der Waals surface area contributed by atoms with Crippen molar-refractivity contribution < 1.29 is 8.76 Å². The predicted molar refractivity (Wildman–Crippen MR) is 19.8 cm³/mol. The Hall–Kier alpha value is 0.0700. The van der Waals surface area contributed by atoms with Crippen LogP contribution in [0.3, 0.4) is 0 Å². The van der Waals surface area contributed by atoms with Crippen molar-refractivity contribution in [3.63, 3.8) is 0 Å². The Morgan fingerprint density at radius 3 is 1.80 bits per heavy atom. The summed E-state index contributed by atoms with van der Waals surface area (Å²) in [6.07, 6.45) is 0. The van der Waals surface area contributed by atoms with E-state index >= 15 is 0 Å². The molecule has 0 aliphatic heterocycles. The fourth-order valence-electron chi connectivity index (χ4n) is 0. The molecule has 34 valence electrons. The summed E-state index contributed by atoms with van der Waals surface area (Å²) in [6, 6.07) is 0. The quantitative estimate of drug-likeness (QED) is 0.408. The van der Waals surface area contributed by atoms with Crippen molar-refractivity contribution in [3.05, 3.63) is 0 Å². The van der Waals surface area contributed by atoms with Crippen molar-refractivity contribution in [1.82, 2.24) is 0 Å². The highest BCUT2D eigenvalue weighted by atomic mass is 32.2. The Morgan fingerprint density at radius 2 is 1.80 bits per heavy atom. The molecule has 0 aliphatic rings. The lowest BCUT2D eigenvalue weighted by molar-refractivity contribution is 0.539. The lowest BCUT2D eigenvalue weighted by Crippen LogP contribution is -1.97. The van der Waals surface area contributed by atoms with Gasteiger partial charge in [-0.15, -0.1) is 0 Å². The first-order valence-corrected chi connectivity index (χ1v) is 1.71. The van der Waals surface area contributed by atoms with Crippen molar-refractivity contribution in [2.45, 2.75) is 7.43 Å². The van der Waals surface area contributed by atoms with E-state index in [1.807, 2.05) is 0 Å². The van der Waals surface area contributed by atoms with Gasteiger partial charge >= 0.3 is 0 Å². The summed E-state index contributed by atoms with van der Waals surface area (Å²) < 4.78 is 17.6. The monoisotopic (exact) mass is 96.0 g/mol. The molecule has 3 nitrogen and oxygen atoms in total. The third kappa shape index (κ3) is 3560. The molecule has 0 fully saturated rings. The third-order valence-electron chi connectivity index (χ3n) is 0. The number of nitrogens with two attached hydrogens (primary N) is 1. The SMILES string of the molecule is C.NS(=O)[O-]. The zero-order valence-electron chi connectivity index (χ0n) is 1.80. The highest BCUT2D eigenvalue weighted by molar-refractivity contribution is 7.76. The largest absolute Gasteiger partial charge is 0.760 e. The highest BCUT2D eigenvalue weighted by Crippen LogP contribution is 1.33. The fraction of sp³-hybridized carbons (Fsp3) is 1.00. The second-order valence-electron chi connectivity index (χ2n) is 0.260. The molecule has 4 heteroatoms. The lowest BCUT2D eigenvalue weighted by atomic mass is 12.0. The van der Waals surface area contributed by atoms with Crippen LogP contribution in [0, 0.1) is 0 Å². The zero-order valence-corrected chi connectivity index (χ0v) is 2.62. The van der Waals surface area contributed by atoms with Crippen molar-refractivity contribution in [2.75, 3.05) is 0 Å². The van der Waals surface area contributed by atoms with Gasteiger partial charge in [0.15, 0.2) is 0 Å². The molecule has 0 saturated heterocycles. The standard InChI is InChI=1S/CH4.H3NO2S/c;1-4(2)3/h1H4;1H2,(H,2,3)/p-1. The second kappa shape index (κ2) is 4.07. The van der Waals surface area contributed by atoms with E-state index in [9.17, 15) is 0 Å². The average molecular weight is 96.1 g/mol. The van der Waals surface area contributed by atoms with E-state index in [2.05, 4.69) is 5.14 Å². The molecule has 0 aliphatic carbocycles. The van der Waals surface area contributed by atoms with Gasteiger partial charge in [0.25, 0.3) is 0 Å². The van der Waals surface area contributed by atoms with Crippen LogP contribution in [0.1, 0.15) is 7.43 Å². The van der Waals surface area contributed by atoms with Gasteiger partial charge in [-0.25, -0.2) is 0 Å². The summed E-state index contributed by atoms with van der Waals surface area (Å²) >= 11 is -2.36. The van der Waals surface area contributed by atoms with Crippen LogP contribution in [0.25, 0.3) is 0 Å². The molecule has 0 spiro atoms. The molecule has 0 aromatic carbocycles. The van der Waals surface area contributed by atoms with Crippen LogP contribution < -0.4 is 5.14 Å². The van der Waals surface area contributed by atoms with Crippen LogP contribution in [-0.2, 0) is 11.3 Å². The van der Waals surface area contributed by atoms with Crippen LogP contribution in [0.15, 0.2) is 0 Å². The molecule has 0 aromatic rings. The Morgan fingerprint density at radius 1 is 1.80 bits per heavy atom. The van der Waals surface area contributed by atoms with Crippen LogP contribution >= 0.6 is 0 Å². The molecule has 0 aromatic heterocycles. The number of hydrogen-bond donors (Lipinski definition) is 1. The summed E-state index contributed by atoms with van der Waals surface area (Å²) in [5, 5.41) is 4.03. The zero-order chi connectivity index (χ0) is 3.58. The van der Waals surface area contributed by atoms with Gasteiger partial charge in [0.1, 0.15) is 0 Å². The van der Waals surface area contributed by atoms with Crippen LogP contribution in [0.2, 0.25) is 0 Å². The molecular weight excluding hydrogens is 90.1 g/mol. The van der Waals surface area contributed by atoms with Gasteiger partial charge in [-0.3, -0.25) is 9.35 Å². The predicted octanol–water partition coefficient (Wildman–Crippen LogP) is -0.625.